The summed E-state index contributed by atoms with van der Waals surface area (Å²) >= 11 is 0. The first kappa shape index (κ1) is 32.9. The van der Waals surface area contributed by atoms with Gasteiger partial charge in [0.1, 0.15) is 35.3 Å². The topological polar surface area (TPSA) is 223 Å². The van der Waals surface area contributed by atoms with Crippen LogP contribution in [0.15, 0.2) is 0 Å². The Kier molecular flexibility index (Phi) is 20.8. The molecule has 0 saturated carbocycles. The monoisotopic (exact) mass is 432 g/mol. The molecule has 0 spiro atoms. The van der Waals surface area contributed by atoms with Gasteiger partial charge in [-0.05, 0) is 20.8 Å². The number of ketones is 6. The quantitative estimate of drug-likeness (QED) is 0.246. The summed E-state index contributed by atoms with van der Waals surface area (Å²) < 4.78 is 0. The Labute approximate surface area is 177 Å². The van der Waals surface area contributed by atoms with Gasteiger partial charge in [0.05, 0.1) is 19.3 Å². The van der Waals surface area contributed by atoms with E-state index in [1.54, 1.807) is 0 Å². The van der Waals surface area contributed by atoms with Crippen LogP contribution in [0.4, 0.5) is 0 Å². The molecule has 12 nitrogen and oxygen atoms in total. The molecule has 0 saturated heterocycles. The fraction of sp³-hybridized carbons (Fsp3) is 0.400. The summed E-state index contributed by atoms with van der Waals surface area (Å²) in [6.07, 6.45) is -1.70. The smallest absolute Gasteiger partial charge is 0.542 e. The number of aliphatic carboxylic acids is 3. The Hall–Kier alpha value is -2.70. The largest absolute Gasteiger partial charge is 3.00 e. The van der Waals surface area contributed by atoms with Crippen LogP contribution in [-0.2, 0) is 69.0 Å². The van der Waals surface area contributed by atoms with Crippen molar-refractivity contribution in [3.05, 3.63) is 0 Å². The Morgan fingerprint density at radius 1 is 0.464 bits per heavy atom. The second-order valence-electron chi connectivity index (χ2n) is 4.77. The van der Waals surface area contributed by atoms with Crippen LogP contribution in [0, 0.1) is 0 Å². The molecular weight excluding hydrogens is 417 g/mol. The Bertz CT molecular complexity index is 572. The standard InChI is InChI=1S/3C5H6O4.Sc/c3*1-3(6)2-4(7)5(8)9;/h3*2H2,1H3,(H,8,9);/q;;;+3/p-3. The molecule has 0 aliphatic rings. The first-order valence-corrected chi connectivity index (χ1v) is 6.82. The third-order valence-electron chi connectivity index (χ3n) is 1.91. The maximum absolute atomic E-state index is 10.1. The van der Waals surface area contributed by atoms with E-state index in [0.29, 0.717) is 0 Å². The van der Waals surface area contributed by atoms with Gasteiger partial charge in [-0.25, -0.2) is 0 Å². The van der Waals surface area contributed by atoms with Crippen molar-refractivity contribution < 1.29 is 84.3 Å². The molecule has 150 valence electrons. The molecule has 0 aromatic carbocycles. The molecule has 28 heavy (non-hydrogen) atoms. The van der Waals surface area contributed by atoms with Gasteiger partial charge >= 0.3 is 25.8 Å². The van der Waals surface area contributed by atoms with Gasteiger partial charge in [-0.1, -0.05) is 0 Å². The fourth-order valence-electron chi connectivity index (χ4n) is 0.895. The van der Waals surface area contributed by atoms with Gasteiger partial charge in [0.2, 0.25) is 0 Å². The molecule has 0 unspecified atom stereocenters. The number of carbonyl (C=O) groups is 9. The zero-order chi connectivity index (χ0) is 22.3. The summed E-state index contributed by atoms with van der Waals surface area (Å²) in [5.74, 6) is -10.3. The number of carboxylic acid groups (broad SMARTS) is 3. The molecule has 0 aliphatic heterocycles. The maximum Gasteiger partial charge on any atom is 3.00 e. The molecule has 0 bridgehead atoms. The van der Waals surface area contributed by atoms with Crippen molar-refractivity contribution in [3.63, 3.8) is 0 Å². The molecule has 0 N–H and O–H groups in total. The van der Waals surface area contributed by atoms with Crippen molar-refractivity contribution in [2.24, 2.45) is 0 Å². The van der Waals surface area contributed by atoms with Crippen LogP contribution in [-0.4, -0.2) is 52.6 Å². The average Bonchev–Trinajstić information content (AvgIpc) is 2.46. The van der Waals surface area contributed by atoms with Gasteiger partial charge in [0, 0.05) is 0 Å². The third kappa shape index (κ3) is 25.5. The Balaban J connectivity index is -0.000000152. The third-order valence-corrected chi connectivity index (χ3v) is 1.91. The van der Waals surface area contributed by atoms with E-state index in [1.165, 1.54) is 0 Å². The maximum atomic E-state index is 10.1. The summed E-state index contributed by atoms with van der Waals surface area (Å²) in [6, 6.07) is 0. The number of hydrogen-bond donors (Lipinski definition) is 0. The minimum absolute atomic E-state index is 0. The van der Waals surface area contributed by atoms with Crippen LogP contribution in [0.25, 0.3) is 0 Å². The zero-order valence-electron chi connectivity index (χ0n) is 15.1. The molecule has 0 aromatic rings. The molecule has 0 radical (unpaired) electrons. The van der Waals surface area contributed by atoms with Crippen LogP contribution in [0.3, 0.4) is 0 Å². The van der Waals surface area contributed by atoms with Crippen LogP contribution >= 0.6 is 0 Å². The van der Waals surface area contributed by atoms with Gasteiger partial charge in [-0.3, -0.25) is 28.8 Å². The van der Waals surface area contributed by atoms with Gasteiger partial charge in [0.15, 0.2) is 17.3 Å². The first-order chi connectivity index (χ1) is 12.1. The number of hydrogen-bond acceptors (Lipinski definition) is 12. The second kappa shape index (κ2) is 17.7. The van der Waals surface area contributed by atoms with E-state index in [9.17, 15) is 58.5 Å². The molecule has 0 fully saturated rings. The zero-order valence-corrected chi connectivity index (χ0v) is 16.9. The predicted octanol–water partition coefficient (Wildman–Crippen LogP) is -5.15. The van der Waals surface area contributed by atoms with Crippen molar-refractivity contribution in [1.82, 2.24) is 0 Å². The summed E-state index contributed by atoms with van der Waals surface area (Å²) in [5, 5.41) is 28.9. The van der Waals surface area contributed by atoms with E-state index in [-0.39, 0.29) is 25.8 Å². The molecule has 13 heteroatoms. The van der Waals surface area contributed by atoms with E-state index >= 15 is 0 Å². The van der Waals surface area contributed by atoms with Gasteiger partial charge in [-0.2, -0.15) is 0 Å². The van der Waals surface area contributed by atoms with Crippen molar-refractivity contribution in [3.8, 4) is 0 Å². The number of Topliss-reactive ketones (excluding diaryl/α,β-unsaturated/α-hetero) is 6. The van der Waals surface area contributed by atoms with Crippen LogP contribution in [0.5, 0.6) is 0 Å². The Morgan fingerprint density at radius 3 is 0.643 bits per heavy atom. The van der Waals surface area contributed by atoms with E-state index in [2.05, 4.69) is 0 Å². The van der Waals surface area contributed by atoms with E-state index in [1.807, 2.05) is 0 Å². The second-order valence-corrected chi connectivity index (χ2v) is 4.77. The van der Waals surface area contributed by atoms with E-state index in [4.69, 9.17) is 0 Å². The average molecular weight is 432 g/mol. The van der Waals surface area contributed by atoms with Crippen LogP contribution < -0.4 is 15.3 Å². The van der Waals surface area contributed by atoms with Gasteiger partial charge in [-0.15, -0.1) is 0 Å². The van der Waals surface area contributed by atoms with Crippen LogP contribution in [0.2, 0.25) is 0 Å². The predicted molar refractivity (Wildman–Crippen MR) is 75.9 cm³/mol. The summed E-state index contributed by atoms with van der Waals surface area (Å²) in [6.45, 7) is 3.42. The normalized spacial score (nSPS) is 8.25. The SMILES string of the molecule is CC(=O)CC(=O)C(=O)[O-].CC(=O)CC(=O)C(=O)[O-].CC(=O)CC(=O)C(=O)[O-].[Sc+3]. The van der Waals surface area contributed by atoms with Crippen molar-refractivity contribution >= 4 is 52.6 Å². The Morgan fingerprint density at radius 2 is 0.607 bits per heavy atom. The molecular formula is C15H15O12Sc. The molecule has 0 aliphatic carbocycles. The summed E-state index contributed by atoms with van der Waals surface area (Å²) in [7, 11) is 0. The molecule has 0 amide bonds. The summed E-state index contributed by atoms with van der Waals surface area (Å²) in [4.78, 5) is 89.2. The number of carboxylic acids is 3. The minimum Gasteiger partial charge on any atom is -0.542 e. The van der Waals surface area contributed by atoms with Gasteiger partial charge < -0.3 is 29.7 Å². The van der Waals surface area contributed by atoms with Gasteiger partial charge in [0.25, 0.3) is 0 Å². The van der Waals surface area contributed by atoms with E-state index < -0.39 is 71.9 Å². The fourth-order valence-corrected chi connectivity index (χ4v) is 0.895. The van der Waals surface area contributed by atoms with Crippen molar-refractivity contribution in [2.45, 2.75) is 40.0 Å². The number of rotatable bonds is 9. The number of carbonyl (C=O) groups excluding carboxylic acids is 9. The van der Waals surface area contributed by atoms with Crippen LogP contribution in [0.1, 0.15) is 40.0 Å². The molecule has 0 atom stereocenters. The molecule has 0 aromatic heterocycles. The first-order valence-electron chi connectivity index (χ1n) is 6.82. The summed E-state index contributed by atoms with van der Waals surface area (Å²) in [5.41, 5.74) is 0. The molecule has 0 rings (SSSR count). The van der Waals surface area contributed by atoms with E-state index in [0.717, 1.165) is 20.8 Å². The molecule has 0 heterocycles. The van der Waals surface area contributed by atoms with Crippen molar-refractivity contribution in [1.29, 1.82) is 0 Å². The van der Waals surface area contributed by atoms with Crippen molar-refractivity contribution in [2.75, 3.05) is 0 Å². The minimum atomic E-state index is -1.80.